The molecule has 3 heteroatoms. The molecule has 0 radical (unpaired) electrons. The number of hydrogen-bond acceptors (Lipinski definition) is 2. The van der Waals surface area contributed by atoms with Crippen LogP contribution >= 0.6 is 12.1 Å². The maximum atomic E-state index is 12.2. The van der Waals surface area contributed by atoms with E-state index in [2.05, 4.69) is 18.9 Å². The second-order valence-electron chi connectivity index (χ2n) is 3.16. The number of hydrogen-bond donors (Lipinski definition) is 0. The summed E-state index contributed by atoms with van der Waals surface area (Å²) in [4.78, 5) is 2.19. The van der Waals surface area contributed by atoms with Crippen molar-refractivity contribution in [3.63, 3.8) is 0 Å². The van der Waals surface area contributed by atoms with E-state index in [9.17, 15) is 3.89 Å². The van der Waals surface area contributed by atoms with Crippen molar-refractivity contribution in [1.82, 2.24) is 4.90 Å². The SMILES string of the molecule is CC.C[C@H]1CCN(C)CC1SF. The highest BCUT2D eigenvalue weighted by Gasteiger charge is 2.24. The fourth-order valence-electron chi connectivity index (χ4n) is 1.30. The van der Waals surface area contributed by atoms with Gasteiger partial charge in [-0.2, -0.15) is 3.89 Å². The zero-order valence-corrected chi connectivity index (χ0v) is 9.33. The molecule has 0 amide bonds. The number of piperidine rings is 1. The Hall–Kier alpha value is 0.240. The van der Waals surface area contributed by atoms with Crippen LogP contribution in [-0.4, -0.2) is 30.3 Å². The summed E-state index contributed by atoms with van der Waals surface area (Å²) in [5, 5.41) is 0.207. The summed E-state index contributed by atoms with van der Waals surface area (Å²) in [6.07, 6.45) is 1.14. The number of nitrogens with zero attached hydrogens (tertiary/aromatic N) is 1. The Labute approximate surface area is 80.0 Å². The third-order valence-corrected chi connectivity index (χ3v) is 3.05. The first-order valence-electron chi connectivity index (χ1n) is 4.70. The van der Waals surface area contributed by atoms with Gasteiger partial charge in [-0.05, 0) is 25.9 Å². The summed E-state index contributed by atoms with van der Waals surface area (Å²) in [6.45, 7) is 8.16. The van der Waals surface area contributed by atoms with Crippen LogP contribution in [0.5, 0.6) is 0 Å². The molecular formula is C9H20FNS. The molecule has 2 atom stereocenters. The van der Waals surface area contributed by atoms with E-state index in [0.29, 0.717) is 18.1 Å². The third kappa shape index (κ3) is 3.76. The number of rotatable bonds is 1. The Morgan fingerprint density at radius 2 is 2.00 bits per heavy atom. The predicted molar refractivity (Wildman–Crippen MR) is 55.1 cm³/mol. The van der Waals surface area contributed by atoms with Crippen molar-refractivity contribution >= 4 is 12.1 Å². The van der Waals surface area contributed by atoms with Crippen LogP contribution in [0.3, 0.4) is 0 Å². The van der Waals surface area contributed by atoms with Crippen LogP contribution in [0.2, 0.25) is 0 Å². The Kier molecular flexibility index (Phi) is 6.86. The molecule has 1 unspecified atom stereocenters. The lowest BCUT2D eigenvalue weighted by Gasteiger charge is -2.32. The number of halogens is 1. The molecule has 12 heavy (non-hydrogen) atoms. The zero-order valence-electron chi connectivity index (χ0n) is 8.51. The molecule has 1 heterocycles. The van der Waals surface area contributed by atoms with Gasteiger partial charge < -0.3 is 4.90 Å². The molecule has 0 N–H and O–H groups in total. The minimum absolute atomic E-state index is 0.207. The molecule has 0 saturated carbocycles. The minimum atomic E-state index is 0.207. The van der Waals surface area contributed by atoms with Crippen LogP contribution in [0.15, 0.2) is 0 Å². The average molecular weight is 193 g/mol. The Morgan fingerprint density at radius 3 is 2.42 bits per heavy atom. The van der Waals surface area contributed by atoms with Gasteiger partial charge in [0, 0.05) is 18.7 Å². The second-order valence-corrected chi connectivity index (χ2v) is 3.94. The molecule has 74 valence electrons. The summed E-state index contributed by atoms with van der Waals surface area (Å²) in [5.41, 5.74) is 0. The van der Waals surface area contributed by atoms with E-state index in [0.717, 1.165) is 19.5 Å². The highest BCUT2D eigenvalue weighted by molar-refractivity contribution is 7.95. The first kappa shape index (κ1) is 12.2. The van der Waals surface area contributed by atoms with E-state index in [4.69, 9.17) is 0 Å². The smallest absolute Gasteiger partial charge is 0.0516 e. The van der Waals surface area contributed by atoms with Crippen molar-refractivity contribution in [1.29, 1.82) is 0 Å². The van der Waals surface area contributed by atoms with Gasteiger partial charge in [0.25, 0.3) is 0 Å². The van der Waals surface area contributed by atoms with Gasteiger partial charge in [0.05, 0.1) is 5.25 Å². The summed E-state index contributed by atoms with van der Waals surface area (Å²) in [5.74, 6) is 0.547. The summed E-state index contributed by atoms with van der Waals surface area (Å²) in [7, 11) is 2.05. The van der Waals surface area contributed by atoms with Crippen molar-refractivity contribution in [2.75, 3.05) is 20.1 Å². The zero-order chi connectivity index (χ0) is 9.56. The maximum Gasteiger partial charge on any atom is 0.0516 e. The van der Waals surface area contributed by atoms with Crippen LogP contribution in [0.4, 0.5) is 3.89 Å². The molecule has 0 bridgehead atoms. The molecule has 0 aromatic rings. The Bertz CT molecular complexity index is 111. The van der Waals surface area contributed by atoms with Gasteiger partial charge in [-0.3, -0.25) is 0 Å². The van der Waals surface area contributed by atoms with Gasteiger partial charge >= 0.3 is 0 Å². The highest BCUT2D eigenvalue weighted by atomic mass is 32.2. The van der Waals surface area contributed by atoms with Crippen molar-refractivity contribution in [2.24, 2.45) is 5.92 Å². The van der Waals surface area contributed by atoms with Gasteiger partial charge in [0.2, 0.25) is 0 Å². The van der Waals surface area contributed by atoms with Crippen molar-refractivity contribution in [3.8, 4) is 0 Å². The topological polar surface area (TPSA) is 3.24 Å². The van der Waals surface area contributed by atoms with Crippen LogP contribution in [0.1, 0.15) is 27.2 Å². The van der Waals surface area contributed by atoms with Gasteiger partial charge in [-0.25, -0.2) is 0 Å². The van der Waals surface area contributed by atoms with Crippen molar-refractivity contribution < 1.29 is 3.89 Å². The molecule has 1 aliphatic heterocycles. The lowest BCUT2D eigenvalue weighted by molar-refractivity contribution is 0.236. The average Bonchev–Trinajstić information content (AvgIpc) is 2.13. The van der Waals surface area contributed by atoms with Gasteiger partial charge in [-0.15, -0.1) is 0 Å². The molecule has 0 spiro atoms. The normalized spacial score (nSPS) is 30.8. The van der Waals surface area contributed by atoms with Gasteiger partial charge in [-0.1, -0.05) is 20.8 Å². The maximum absolute atomic E-state index is 12.2. The van der Waals surface area contributed by atoms with Gasteiger partial charge in [0.15, 0.2) is 0 Å². The minimum Gasteiger partial charge on any atom is -0.305 e. The fraction of sp³-hybridized carbons (Fsp3) is 1.00. The third-order valence-electron chi connectivity index (χ3n) is 2.21. The Morgan fingerprint density at radius 1 is 1.42 bits per heavy atom. The molecular weight excluding hydrogens is 173 g/mol. The molecule has 0 aromatic heterocycles. The first-order valence-corrected chi connectivity index (χ1v) is 5.48. The van der Waals surface area contributed by atoms with Gasteiger partial charge in [0.1, 0.15) is 0 Å². The van der Waals surface area contributed by atoms with E-state index in [1.807, 2.05) is 13.8 Å². The lowest BCUT2D eigenvalue weighted by Crippen LogP contribution is -2.38. The second kappa shape index (κ2) is 6.72. The molecule has 1 saturated heterocycles. The summed E-state index contributed by atoms with van der Waals surface area (Å²) >= 11 is 0.516. The summed E-state index contributed by atoms with van der Waals surface area (Å²) < 4.78 is 12.2. The number of likely N-dealkylation sites (tertiary alicyclic amines) is 1. The summed E-state index contributed by atoms with van der Waals surface area (Å²) in [6, 6.07) is 0. The standard InChI is InChI=1S/C7H14FNS.C2H6/c1-6-3-4-9(2)5-7(6)10-8;1-2/h6-7H,3-5H2,1-2H3;1-2H3/t6-,7?;/m0./s1. The van der Waals surface area contributed by atoms with Crippen LogP contribution in [0.25, 0.3) is 0 Å². The quantitative estimate of drug-likeness (QED) is 0.630. The fourth-order valence-corrected chi connectivity index (χ4v) is 1.93. The van der Waals surface area contributed by atoms with Crippen molar-refractivity contribution in [3.05, 3.63) is 0 Å². The van der Waals surface area contributed by atoms with E-state index < -0.39 is 0 Å². The van der Waals surface area contributed by atoms with Crippen LogP contribution < -0.4 is 0 Å². The lowest BCUT2D eigenvalue weighted by atomic mass is 9.99. The van der Waals surface area contributed by atoms with Crippen LogP contribution in [0, 0.1) is 5.92 Å². The first-order chi connectivity index (χ1) is 5.74. The van der Waals surface area contributed by atoms with E-state index in [1.165, 1.54) is 0 Å². The van der Waals surface area contributed by atoms with E-state index in [1.54, 1.807) is 0 Å². The molecule has 1 fully saturated rings. The predicted octanol–water partition coefficient (Wildman–Crippen LogP) is 2.97. The monoisotopic (exact) mass is 193 g/mol. The Balaban J connectivity index is 0.000000561. The molecule has 1 aliphatic rings. The molecule has 1 rings (SSSR count). The van der Waals surface area contributed by atoms with Crippen molar-refractivity contribution in [2.45, 2.75) is 32.4 Å². The molecule has 1 nitrogen and oxygen atoms in total. The highest BCUT2D eigenvalue weighted by Crippen LogP contribution is 2.27. The molecule has 0 aliphatic carbocycles. The molecule has 0 aromatic carbocycles. The van der Waals surface area contributed by atoms with Crippen LogP contribution in [-0.2, 0) is 0 Å². The van der Waals surface area contributed by atoms with E-state index in [-0.39, 0.29) is 5.25 Å². The van der Waals surface area contributed by atoms with E-state index >= 15 is 0 Å². The largest absolute Gasteiger partial charge is 0.305 e.